The van der Waals surface area contributed by atoms with E-state index in [-0.39, 0.29) is 23.1 Å². The maximum Gasteiger partial charge on any atom is 0.254 e. The highest BCUT2D eigenvalue weighted by Gasteiger charge is 2.27. The summed E-state index contributed by atoms with van der Waals surface area (Å²) in [5.74, 6) is 0.700. The number of carbonyl (C=O) groups is 2. The van der Waals surface area contributed by atoms with Gasteiger partial charge in [0.15, 0.2) is 5.96 Å². The van der Waals surface area contributed by atoms with Crippen LogP contribution < -0.4 is 26.4 Å². The van der Waals surface area contributed by atoms with E-state index in [2.05, 4.69) is 43.1 Å². The standard InChI is InChI=1S/C40H45FN8O3/c1-40(2,3)28-10-16-31(17-11-28)52-32-7-4-6-26(24-32)37-46-33-25-27(9-18-34(33)49(37)35(36(42)50)8-5-19-45-39(43)44)38(51)48-22-20-47(21-23-48)30-14-12-29(41)13-15-30/h4,6-7,9-18,24-25,35H,5,8,19-23H2,1-3H3,(H2,42,50)(H4,43,44,45). The second-order valence-corrected chi connectivity index (χ2v) is 14.1. The van der Waals surface area contributed by atoms with Crippen LogP contribution in [0.3, 0.4) is 0 Å². The van der Waals surface area contributed by atoms with E-state index in [1.807, 2.05) is 51.9 Å². The number of fused-ring (bicyclic) bond motifs is 1. The second-order valence-electron chi connectivity index (χ2n) is 14.1. The summed E-state index contributed by atoms with van der Waals surface area (Å²) in [5.41, 5.74) is 16.0. The van der Waals surface area contributed by atoms with Crippen LogP contribution in [0.15, 0.2) is 91.0 Å². The molecule has 52 heavy (non-hydrogen) atoms. The zero-order valence-corrected chi connectivity index (χ0v) is 29.7. The van der Waals surface area contributed by atoms with Gasteiger partial charge in [-0.2, -0.15) is 0 Å². The molecule has 11 nitrogen and oxygen atoms in total. The van der Waals surface area contributed by atoms with Gasteiger partial charge in [-0.25, -0.2) is 9.37 Å². The average Bonchev–Trinajstić information content (AvgIpc) is 3.50. The molecule has 1 fully saturated rings. The molecule has 6 rings (SSSR count). The lowest BCUT2D eigenvalue weighted by molar-refractivity contribution is -0.121. The van der Waals surface area contributed by atoms with Gasteiger partial charge >= 0.3 is 0 Å². The molecule has 1 unspecified atom stereocenters. The van der Waals surface area contributed by atoms with Crippen molar-refractivity contribution in [3.8, 4) is 22.9 Å². The van der Waals surface area contributed by atoms with Crippen LogP contribution in [0.2, 0.25) is 0 Å². The number of guanidine groups is 1. The Labute approximate surface area is 302 Å². The molecule has 0 aliphatic carbocycles. The van der Waals surface area contributed by atoms with Gasteiger partial charge in [-0.3, -0.25) is 15.0 Å². The van der Waals surface area contributed by atoms with E-state index in [0.717, 1.165) is 5.69 Å². The Balaban J connectivity index is 1.30. The van der Waals surface area contributed by atoms with Crippen molar-refractivity contribution in [2.75, 3.05) is 37.6 Å². The first-order valence-corrected chi connectivity index (χ1v) is 17.5. The van der Waals surface area contributed by atoms with Gasteiger partial charge in [0.25, 0.3) is 5.91 Å². The smallest absolute Gasteiger partial charge is 0.254 e. The van der Waals surface area contributed by atoms with Crippen LogP contribution in [0.5, 0.6) is 11.5 Å². The molecule has 0 spiro atoms. The minimum absolute atomic E-state index is 0.0152. The number of ether oxygens (including phenoxy) is 1. The Morgan fingerprint density at radius 1 is 0.923 bits per heavy atom. The Morgan fingerprint density at radius 3 is 2.29 bits per heavy atom. The normalized spacial score (nSPS) is 13.9. The van der Waals surface area contributed by atoms with Crippen LogP contribution in [0.4, 0.5) is 10.1 Å². The number of carbonyl (C=O) groups excluding carboxylic acids is 2. The molecule has 0 saturated carbocycles. The molecule has 12 heteroatoms. The van der Waals surface area contributed by atoms with Gasteiger partial charge in [0, 0.05) is 49.5 Å². The van der Waals surface area contributed by atoms with Gasteiger partial charge in [-0.05, 0) is 90.6 Å². The molecular weight excluding hydrogens is 659 g/mol. The van der Waals surface area contributed by atoms with Crippen molar-refractivity contribution in [2.45, 2.75) is 45.1 Å². The number of anilines is 1. The molecule has 2 amide bonds. The third kappa shape index (κ3) is 8.17. The van der Waals surface area contributed by atoms with Crippen LogP contribution in [-0.4, -0.2) is 64.9 Å². The zero-order valence-electron chi connectivity index (χ0n) is 29.7. The molecule has 1 aromatic heterocycles. The minimum atomic E-state index is -0.774. The first-order valence-electron chi connectivity index (χ1n) is 17.5. The maximum absolute atomic E-state index is 13.8. The number of piperazine rings is 1. The summed E-state index contributed by atoms with van der Waals surface area (Å²) in [7, 11) is 0. The third-order valence-electron chi connectivity index (χ3n) is 9.35. The number of aromatic nitrogens is 2. The topological polar surface area (TPSA) is 156 Å². The summed E-state index contributed by atoms with van der Waals surface area (Å²) in [6, 6.07) is 26.4. The van der Waals surface area contributed by atoms with Gasteiger partial charge in [-0.15, -0.1) is 0 Å². The van der Waals surface area contributed by atoms with E-state index >= 15 is 0 Å². The maximum atomic E-state index is 13.8. The number of nitrogens with one attached hydrogen (secondary N) is 2. The van der Waals surface area contributed by atoms with Gasteiger partial charge < -0.3 is 35.9 Å². The summed E-state index contributed by atoms with van der Waals surface area (Å²) in [6.07, 6.45) is 0.879. The highest BCUT2D eigenvalue weighted by atomic mass is 19.1. The Bertz CT molecular complexity index is 2060. The highest BCUT2D eigenvalue weighted by molar-refractivity contribution is 5.98. The fourth-order valence-corrected chi connectivity index (χ4v) is 6.53. The van der Waals surface area contributed by atoms with Crippen LogP contribution >= 0.6 is 0 Å². The lowest BCUT2D eigenvalue weighted by Gasteiger charge is -2.36. The summed E-state index contributed by atoms with van der Waals surface area (Å²) < 4.78 is 21.5. The van der Waals surface area contributed by atoms with Gasteiger partial charge in [0.1, 0.15) is 29.2 Å². The first-order chi connectivity index (χ1) is 24.9. The number of amides is 2. The van der Waals surface area contributed by atoms with E-state index in [0.29, 0.717) is 85.0 Å². The van der Waals surface area contributed by atoms with Gasteiger partial charge in [-0.1, -0.05) is 45.0 Å². The predicted octanol–water partition coefficient (Wildman–Crippen LogP) is 6.18. The van der Waals surface area contributed by atoms with Crippen molar-refractivity contribution in [3.05, 3.63) is 108 Å². The highest BCUT2D eigenvalue weighted by Crippen LogP contribution is 2.34. The molecule has 1 aliphatic heterocycles. The number of hydrogen-bond donors (Lipinski definition) is 4. The second kappa shape index (κ2) is 15.1. The van der Waals surface area contributed by atoms with Crippen molar-refractivity contribution < 1.29 is 18.7 Å². The molecule has 4 aromatic carbocycles. The lowest BCUT2D eigenvalue weighted by Crippen LogP contribution is -2.48. The molecular formula is C40H45FN8O3. The average molecular weight is 705 g/mol. The number of nitrogens with zero attached hydrogens (tertiary/aromatic N) is 4. The number of primary amides is 1. The third-order valence-corrected chi connectivity index (χ3v) is 9.35. The largest absolute Gasteiger partial charge is 0.457 e. The first kappa shape index (κ1) is 35.9. The number of benzene rings is 4. The summed E-state index contributed by atoms with van der Waals surface area (Å²) in [4.78, 5) is 35.8. The quantitative estimate of drug-likeness (QED) is 0.0727. The monoisotopic (exact) mass is 704 g/mol. The van der Waals surface area contributed by atoms with Crippen molar-refractivity contribution >= 4 is 34.5 Å². The van der Waals surface area contributed by atoms with Crippen molar-refractivity contribution in [1.82, 2.24) is 19.8 Å². The summed E-state index contributed by atoms with van der Waals surface area (Å²) in [6.45, 7) is 9.14. The molecule has 1 saturated heterocycles. The van der Waals surface area contributed by atoms with E-state index in [4.69, 9.17) is 26.6 Å². The molecule has 270 valence electrons. The van der Waals surface area contributed by atoms with Crippen LogP contribution in [0.25, 0.3) is 22.4 Å². The molecule has 6 N–H and O–H groups in total. The van der Waals surface area contributed by atoms with Crippen LogP contribution in [0.1, 0.15) is 55.6 Å². The molecule has 1 atom stereocenters. The van der Waals surface area contributed by atoms with E-state index in [1.54, 1.807) is 24.3 Å². The zero-order chi connectivity index (χ0) is 37.0. The minimum Gasteiger partial charge on any atom is -0.457 e. The van der Waals surface area contributed by atoms with Crippen molar-refractivity contribution in [1.29, 1.82) is 5.41 Å². The Kier molecular flexibility index (Phi) is 10.5. The van der Waals surface area contributed by atoms with Gasteiger partial charge in [0.05, 0.1) is 11.0 Å². The van der Waals surface area contributed by atoms with E-state index in [1.165, 1.54) is 17.7 Å². The van der Waals surface area contributed by atoms with E-state index < -0.39 is 11.9 Å². The number of nitrogens with two attached hydrogens (primary N) is 2. The molecule has 0 radical (unpaired) electrons. The molecule has 1 aliphatic rings. The van der Waals surface area contributed by atoms with Crippen LogP contribution in [0, 0.1) is 11.2 Å². The summed E-state index contributed by atoms with van der Waals surface area (Å²) >= 11 is 0. The van der Waals surface area contributed by atoms with E-state index in [9.17, 15) is 14.0 Å². The van der Waals surface area contributed by atoms with Crippen molar-refractivity contribution in [2.24, 2.45) is 11.5 Å². The van der Waals surface area contributed by atoms with Crippen LogP contribution in [-0.2, 0) is 10.2 Å². The number of imidazole rings is 1. The number of hydrogen-bond acceptors (Lipinski definition) is 6. The Hall–Kier alpha value is -5.91. The fraction of sp³-hybridized carbons (Fsp3) is 0.300. The van der Waals surface area contributed by atoms with Gasteiger partial charge in [0.2, 0.25) is 5.91 Å². The fourth-order valence-electron chi connectivity index (χ4n) is 6.53. The molecule has 2 heterocycles. The lowest BCUT2D eigenvalue weighted by atomic mass is 9.87. The Morgan fingerprint density at radius 2 is 1.63 bits per heavy atom. The SMILES string of the molecule is CC(C)(C)c1ccc(Oc2cccc(-c3nc4cc(C(=O)N5CCN(c6ccc(F)cc6)CC5)ccc4n3C(CCCNC(=N)N)C(N)=O)c2)cc1. The molecule has 0 bridgehead atoms. The molecule has 5 aromatic rings. The summed E-state index contributed by atoms with van der Waals surface area (Å²) in [5, 5.41) is 10.3. The number of rotatable bonds is 11. The predicted molar refractivity (Wildman–Crippen MR) is 202 cm³/mol. The number of halogens is 1. The van der Waals surface area contributed by atoms with Crippen molar-refractivity contribution in [3.63, 3.8) is 0 Å².